The van der Waals surface area contributed by atoms with Crippen LogP contribution in [0.5, 0.6) is 0 Å². The molecule has 2 N–H and O–H groups in total. The Balaban J connectivity index is 1.00. The number of benzene rings is 1. The quantitative estimate of drug-likeness (QED) is 0.130. The van der Waals surface area contributed by atoms with E-state index in [4.69, 9.17) is 38.4 Å². The number of methoxy groups -OCH3 is 1. The third kappa shape index (κ3) is 11.5. The summed E-state index contributed by atoms with van der Waals surface area (Å²) in [6.45, 7) is 20.4. The fourth-order valence-corrected chi connectivity index (χ4v) is 15.0. The molecule has 6 saturated heterocycles. The molecule has 12 rings (SSSR count). The number of ether oxygens (including phenoxy) is 6. The van der Waals surface area contributed by atoms with Gasteiger partial charge in [0.05, 0.1) is 67.4 Å². The Morgan fingerprint density at radius 3 is 2.53 bits per heavy atom. The lowest BCUT2D eigenvalue weighted by molar-refractivity contribution is -0.165. The molecule has 2 amide bonds. The Morgan fingerprint density at radius 1 is 0.987 bits per heavy atom. The van der Waals surface area contributed by atoms with Gasteiger partial charge in [-0.1, -0.05) is 26.8 Å². The molecule has 79 heavy (non-hydrogen) atoms. The van der Waals surface area contributed by atoms with Crippen LogP contribution in [-0.2, 0) is 55.8 Å². The van der Waals surface area contributed by atoms with Crippen LogP contribution in [0, 0.1) is 16.7 Å². The first-order valence-corrected chi connectivity index (χ1v) is 30.5. The molecule has 1 aliphatic carbocycles. The summed E-state index contributed by atoms with van der Waals surface area (Å²) < 4.78 is 39.8. The van der Waals surface area contributed by atoms with E-state index in [9.17, 15) is 9.59 Å². The fraction of sp³-hybridized carbons (Fsp3) is 0.689. The lowest BCUT2D eigenvalue weighted by Crippen LogP contribution is -2.68. The average molecular weight is 1110 g/mol. The molecule has 7 fully saturated rings. The van der Waals surface area contributed by atoms with E-state index in [1.807, 2.05) is 6.92 Å². The number of pyridine rings is 1. The average Bonchev–Trinajstić information content (AvgIpc) is 4.35. The number of piperidine rings is 1. The van der Waals surface area contributed by atoms with Crippen LogP contribution in [0.15, 0.2) is 35.8 Å². The number of cyclic esters (lactones) is 1. The highest BCUT2D eigenvalue weighted by Crippen LogP contribution is 2.47. The monoisotopic (exact) mass is 1100 g/mol. The van der Waals surface area contributed by atoms with Crippen molar-refractivity contribution in [2.24, 2.45) is 16.7 Å². The van der Waals surface area contributed by atoms with Gasteiger partial charge in [0.15, 0.2) is 0 Å². The second kappa shape index (κ2) is 22.4. The maximum absolute atomic E-state index is 15.3. The first kappa shape index (κ1) is 55.2. The SMILES string of the molecule is CO[C@@H](C)c1ncc(C2CCN(C3CC3)CC2)cc1-c1c2c3cc(ccc3n1CCO[C@H]1CCOC(C)(C)C1)-c1csc(n1)[C@@H](N1CC3(CCCOC3)C1)[C@H](NC(=O)[C@H]1OC[C@@H]1C)C(=O)N1CCC[C@H](N1)C(=O)OCC(C)(C)C2. The number of amides is 2. The summed E-state index contributed by atoms with van der Waals surface area (Å²) in [7, 11) is 1.76. The Kier molecular flexibility index (Phi) is 15.7. The molecule has 18 heteroatoms. The Morgan fingerprint density at radius 2 is 1.81 bits per heavy atom. The van der Waals surface area contributed by atoms with Gasteiger partial charge in [-0.15, -0.1) is 11.3 Å². The standard InChI is InChI=1S/C61H84N8O9S/c1-37-31-76-54(37)55(70)64-51-53(67-33-61(34-67)18-9-23-74-36-61)56-63-48(32-79-56)40-11-14-49-44(26-40)46(29-59(3,4)35-77-58(72)47-10-8-19-69(65-47)57(51)71)52(68(49)22-25-75-43-17-24-78-60(5,6)28-43)45-27-41(30-62-50(45)38(2)73-7)39-15-20-66(21-16-39)42-12-13-42/h11,14,26-27,30,32,37-39,42-43,47,51,53-54,65H,8-10,12-13,15-25,28-29,31,33-36H2,1-7H3,(H,64,70)/t37-,38-,43-,47-,51-,53-,54-/m0/s1. The molecule has 0 radical (unpaired) electrons. The summed E-state index contributed by atoms with van der Waals surface area (Å²) in [5.74, 6) is -0.667. The van der Waals surface area contributed by atoms with Crippen molar-refractivity contribution in [2.75, 3.05) is 79.5 Å². The van der Waals surface area contributed by atoms with Crippen LogP contribution in [0.4, 0.5) is 0 Å². The van der Waals surface area contributed by atoms with Crippen molar-refractivity contribution >= 4 is 40.0 Å². The van der Waals surface area contributed by atoms with Crippen LogP contribution < -0.4 is 10.7 Å². The number of nitrogens with one attached hydrogen (secondary N) is 2. The number of carbonyl (C=O) groups excluding carboxylic acids is 3. The van der Waals surface area contributed by atoms with Gasteiger partial charge in [0, 0.05) is 109 Å². The van der Waals surface area contributed by atoms with E-state index in [-0.39, 0.29) is 47.6 Å². The van der Waals surface area contributed by atoms with Gasteiger partial charge in [-0.2, -0.15) is 0 Å². The van der Waals surface area contributed by atoms with Crippen molar-refractivity contribution in [3.8, 4) is 22.5 Å². The molecule has 1 saturated carbocycles. The fourth-order valence-electron chi connectivity index (χ4n) is 14.0. The van der Waals surface area contributed by atoms with Crippen LogP contribution in [0.3, 0.4) is 0 Å². The molecular formula is C61H84N8O9S. The third-order valence-electron chi connectivity index (χ3n) is 18.6. The second-order valence-electron chi connectivity index (χ2n) is 26.0. The summed E-state index contributed by atoms with van der Waals surface area (Å²) >= 11 is 1.52. The molecule has 8 aliphatic rings. The summed E-state index contributed by atoms with van der Waals surface area (Å²) in [6.07, 6.45) is 11.3. The van der Waals surface area contributed by atoms with Crippen molar-refractivity contribution in [3.05, 3.63) is 57.7 Å². The molecular weight excluding hydrogens is 1020 g/mol. The topological polar surface area (TPSA) is 171 Å². The zero-order valence-corrected chi connectivity index (χ0v) is 48.5. The van der Waals surface area contributed by atoms with E-state index in [2.05, 4.69) is 95.6 Å². The number of carbonyl (C=O) groups is 3. The van der Waals surface area contributed by atoms with E-state index in [0.29, 0.717) is 77.8 Å². The van der Waals surface area contributed by atoms with E-state index < -0.39 is 35.6 Å². The molecule has 1 aromatic carbocycles. The first-order chi connectivity index (χ1) is 38.0. The maximum Gasteiger partial charge on any atom is 0.324 e. The zero-order chi connectivity index (χ0) is 54.8. The molecule has 10 heterocycles. The van der Waals surface area contributed by atoms with Crippen molar-refractivity contribution in [2.45, 2.75) is 173 Å². The predicted molar refractivity (Wildman–Crippen MR) is 301 cm³/mol. The minimum atomic E-state index is -1.04. The van der Waals surface area contributed by atoms with Crippen LogP contribution >= 0.6 is 11.3 Å². The summed E-state index contributed by atoms with van der Waals surface area (Å²) in [5, 5.41) is 8.67. The van der Waals surface area contributed by atoms with Crippen molar-refractivity contribution in [1.29, 1.82) is 0 Å². The van der Waals surface area contributed by atoms with Gasteiger partial charge in [-0.05, 0) is 133 Å². The van der Waals surface area contributed by atoms with Crippen LogP contribution in [0.1, 0.15) is 146 Å². The molecule has 3 aromatic heterocycles. The lowest BCUT2D eigenvalue weighted by atomic mass is 9.74. The Hall–Kier alpha value is -4.37. The summed E-state index contributed by atoms with van der Waals surface area (Å²) in [6, 6.07) is 7.44. The van der Waals surface area contributed by atoms with Gasteiger partial charge >= 0.3 is 5.97 Å². The largest absolute Gasteiger partial charge is 0.464 e. The third-order valence-corrected chi connectivity index (χ3v) is 19.5. The predicted octanol–water partition coefficient (Wildman–Crippen LogP) is 8.14. The normalized spacial score (nSPS) is 29.1. The molecule has 17 nitrogen and oxygen atoms in total. The molecule has 4 aromatic rings. The van der Waals surface area contributed by atoms with E-state index in [0.717, 1.165) is 114 Å². The Labute approximate surface area is 470 Å². The first-order valence-electron chi connectivity index (χ1n) is 29.7. The zero-order valence-electron chi connectivity index (χ0n) is 47.7. The number of nitrogens with zero attached hydrogens (tertiary/aromatic N) is 6. The summed E-state index contributed by atoms with van der Waals surface area (Å²) in [5.41, 5.74) is 10.6. The van der Waals surface area contributed by atoms with Gasteiger partial charge in [-0.3, -0.25) is 29.3 Å². The van der Waals surface area contributed by atoms with Gasteiger partial charge in [0.2, 0.25) is 5.91 Å². The van der Waals surface area contributed by atoms with Gasteiger partial charge in [0.1, 0.15) is 23.2 Å². The lowest BCUT2D eigenvalue weighted by Gasteiger charge is -2.55. The molecule has 428 valence electrons. The van der Waals surface area contributed by atoms with E-state index >= 15 is 4.79 Å². The molecule has 7 aliphatic heterocycles. The van der Waals surface area contributed by atoms with Crippen LogP contribution in [0.25, 0.3) is 33.4 Å². The van der Waals surface area contributed by atoms with Crippen molar-refractivity contribution in [1.82, 2.24) is 40.1 Å². The number of esters is 1. The van der Waals surface area contributed by atoms with Gasteiger partial charge in [-0.25, -0.2) is 10.4 Å². The number of rotatable bonds is 12. The second-order valence-corrected chi connectivity index (χ2v) is 26.9. The maximum atomic E-state index is 15.3. The number of hydrogen-bond donors (Lipinski definition) is 2. The highest BCUT2D eigenvalue weighted by molar-refractivity contribution is 7.10. The van der Waals surface area contributed by atoms with Crippen molar-refractivity contribution < 1.29 is 42.8 Å². The van der Waals surface area contributed by atoms with E-state index in [1.54, 1.807) is 12.1 Å². The number of fused-ring (bicyclic) bond motifs is 6. The number of thiazole rings is 1. The van der Waals surface area contributed by atoms with Gasteiger partial charge < -0.3 is 43.2 Å². The minimum absolute atomic E-state index is 0.00896. The number of hydrogen-bond acceptors (Lipinski definition) is 15. The highest BCUT2D eigenvalue weighted by Gasteiger charge is 2.52. The molecule has 7 atom stereocenters. The van der Waals surface area contributed by atoms with Crippen molar-refractivity contribution in [3.63, 3.8) is 0 Å². The van der Waals surface area contributed by atoms with E-state index in [1.165, 1.54) is 29.7 Å². The summed E-state index contributed by atoms with van der Waals surface area (Å²) in [4.78, 5) is 59.8. The van der Waals surface area contributed by atoms with Crippen LogP contribution in [0.2, 0.25) is 0 Å². The van der Waals surface area contributed by atoms with Gasteiger partial charge in [0.25, 0.3) is 5.91 Å². The molecule has 1 spiro atoms. The number of likely N-dealkylation sites (tertiary alicyclic amines) is 2. The molecule has 6 bridgehead atoms. The smallest absolute Gasteiger partial charge is 0.324 e. The Bertz CT molecular complexity index is 2880. The number of hydrazine groups is 1. The van der Waals surface area contributed by atoms with Crippen LogP contribution in [-0.4, -0.2) is 163 Å². The number of aromatic nitrogens is 3. The molecule has 0 unspecified atom stereocenters. The highest BCUT2D eigenvalue weighted by atomic mass is 32.1. The minimum Gasteiger partial charge on any atom is -0.464 e.